The zero-order chi connectivity index (χ0) is 25.4. The summed E-state index contributed by atoms with van der Waals surface area (Å²) in [6.07, 6.45) is 4.99. The summed E-state index contributed by atoms with van der Waals surface area (Å²) in [7, 11) is 2.12. The predicted molar refractivity (Wildman–Crippen MR) is 138 cm³/mol. The molecule has 0 bridgehead atoms. The van der Waals surface area contributed by atoms with E-state index in [0.29, 0.717) is 12.1 Å². The number of fused-ring (bicyclic) bond motifs is 1. The Hall–Kier alpha value is -3.85. The maximum Gasteiger partial charge on any atom is 0.254 e. The molecule has 0 fully saturated rings. The first-order chi connectivity index (χ1) is 17.2. The van der Waals surface area contributed by atoms with Crippen molar-refractivity contribution in [3.63, 3.8) is 0 Å². The number of benzene rings is 1. The van der Waals surface area contributed by atoms with Crippen LogP contribution in [0.25, 0.3) is 22.6 Å². The average molecular weight is 485 g/mol. The van der Waals surface area contributed by atoms with Crippen LogP contribution in [0.2, 0.25) is 0 Å². The number of nitrogens with one attached hydrogen (secondary N) is 1. The summed E-state index contributed by atoms with van der Waals surface area (Å²) in [4.78, 5) is 23.9. The maximum atomic E-state index is 12.6. The summed E-state index contributed by atoms with van der Waals surface area (Å²) >= 11 is 0. The first-order valence-corrected chi connectivity index (χ1v) is 12.2. The predicted octanol–water partition coefficient (Wildman–Crippen LogP) is 3.64. The van der Waals surface area contributed by atoms with E-state index >= 15 is 0 Å². The van der Waals surface area contributed by atoms with E-state index < -0.39 is 0 Å². The van der Waals surface area contributed by atoms with Crippen LogP contribution in [0.4, 0.5) is 0 Å². The number of nitrogens with zero attached hydrogens (tertiary/aromatic N) is 7. The highest BCUT2D eigenvalue weighted by atomic mass is 16.1. The van der Waals surface area contributed by atoms with E-state index in [1.807, 2.05) is 25.1 Å². The molecule has 1 aliphatic rings. The van der Waals surface area contributed by atoms with Crippen molar-refractivity contribution in [1.82, 2.24) is 39.7 Å². The molecule has 36 heavy (non-hydrogen) atoms. The zero-order valence-corrected chi connectivity index (χ0v) is 21.5. The minimum Gasteiger partial charge on any atom is -0.348 e. The topological polar surface area (TPSA) is 93.8 Å². The maximum absolute atomic E-state index is 12.6. The number of hydrogen-bond acceptors (Lipinski definition) is 6. The Labute approximate surface area is 211 Å². The average Bonchev–Trinajstić information content (AvgIpc) is 3.51. The quantitative estimate of drug-likeness (QED) is 0.465. The Kier molecular flexibility index (Phi) is 6.17. The van der Waals surface area contributed by atoms with Gasteiger partial charge in [0.2, 0.25) is 0 Å². The molecule has 0 atom stereocenters. The molecule has 4 aromatic rings. The molecule has 0 spiro atoms. The fourth-order valence-electron chi connectivity index (χ4n) is 4.32. The molecular weight excluding hydrogens is 452 g/mol. The standard InChI is InChI=1S/C27H32N8O/c1-18-10-19(6-7-20(18)13-28-26(36)21-14-31-35(15-21)27(2,3)4)23-12-24(30-17-29-23)25-11-22-16-33(5)8-9-34(22)32-25/h6-7,10-12,14-15,17H,8-9,13,16H2,1-5H3,(H,28,36). The first kappa shape index (κ1) is 23.9. The molecule has 9 heteroatoms. The summed E-state index contributed by atoms with van der Waals surface area (Å²) in [5.41, 5.74) is 7.25. The van der Waals surface area contributed by atoms with Crippen molar-refractivity contribution in [3.8, 4) is 22.6 Å². The van der Waals surface area contributed by atoms with Crippen LogP contribution in [0.1, 0.15) is 48.0 Å². The van der Waals surface area contributed by atoms with Gasteiger partial charge in [0.25, 0.3) is 5.91 Å². The summed E-state index contributed by atoms with van der Waals surface area (Å²) < 4.78 is 3.87. The fourth-order valence-corrected chi connectivity index (χ4v) is 4.32. The van der Waals surface area contributed by atoms with Gasteiger partial charge in [-0.3, -0.25) is 19.1 Å². The summed E-state index contributed by atoms with van der Waals surface area (Å²) in [5, 5.41) is 12.1. The number of hydrogen-bond donors (Lipinski definition) is 1. The highest BCUT2D eigenvalue weighted by molar-refractivity contribution is 5.93. The van der Waals surface area contributed by atoms with Gasteiger partial charge >= 0.3 is 0 Å². The molecule has 1 aromatic carbocycles. The van der Waals surface area contributed by atoms with Crippen LogP contribution in [0, 0.1) is 6.92 Å². The largest absolute Gasteiger partial charge is 0.348 e. The molecule has 5 rings (SSSR count). The number of likely N-dealkylation sites (N-methyl/N-ethyl adjacent to an activating group) is 1. The Morgan fingerprint density at radius 1 is 1.06 bits per heavy atom. The molecule has 0 radical (unpaired) electrons. The molecule has 4 heterocycles. The van der Waals surface area contributed by atoms with Gasteiger partial charge in [0, 0.05) is 31.4 Å². The van der Waals surface area contributed by atoms with Gasteiger partial charge in [-0.2, -0.15) is 10.2 Å². The van der Waals surface area contributed by atoms with Gasteiger partial charge in [0.1, 0.15) is 12.0 Å². The third-order valence-corrected chi connectivity index (χ3v) is 6.53. The van der Waals surface area contributed by atoms with E-state index in [0.717, 1.165) is 53.4 Å². The van der Waals surface area contributed by atoms with E-state index in [2.05, 4.69) is 69.9 Å². The lowest BCUT2D eigenvalue weighted by Gasteiger charge is -2.22. The van der Waals surface area contributed by atoms with Crippen molar-refractivity contribution in [2.75, 3.05) is 13.6 Å². The lowest BCUT2D eigenvalue weighted by molar-refractivity contribution is 0.0950. The van der Waals surface area contributed by atoms with Gasteiger partial charge in [0.15, 0.2) is 0 Å². The van der Waals surface area contributed by atoms with Crippen molar-refractivity contribution >= 4 is 5.91 Å². The Morgan fingerprint density at radius 2 is 1.86 bits per heavy atom. The lowest BCUT2D eigenvalue weighted by atomic mass is 10.0. The van der Waals surface area contributed by atoms with Gasteiger partial charge < -0.3 is 5.32 Å². The van der Waals surface area contributed by atoms with Gasteiger partial charge in [0.05, 0.1) is 40.9 Å². The summed E-state index contributed by atoms with van der Waals surface area (Å²) in [5.74, 6) is -0.136. The van der Waals surface area contributed by atoms with Crippen LogP contribution in [0.15, 0.2) is 49.1 Å². The summed E-state index contributed by atoms with van der Waals surface area (Å²) in [6, 6.07) is 10.3. The van der Waals surface area contributed by atoms with Crippen molar-refractivity contribution < 1.29 is 4.79 Å². The number of carbonyl (C=O) groups excluding carboxylic acids is 1. The first-order valence-electron chi connectivity index (χ1n) is 12.2. The van der Waals surface area contributed by atoms with Crippen LogP contribution in [0.3, 0.4) is 0 Å². The van der Waals surface area contributed by atoms with Crippen molar-refractivity contribution in [2.45, 2.75) is 52.9 Å². The molecule has 0 aliphatic carbocycles. The monoisotopic (exact) mass is 484 g/mol. The van der Waals surface area contributed by atoms with Gasteiger partial charge in [-0.05, 0) is 64.1 Å². The number of carbonyl (C=O) groups is 1. The van der Waals surface area contributed by atoms with Crippen molar-refractivity contribution in [2.24, 2.45) is 0 Å². The Balaban J connectivity index is 1.29. The minimum atomic E-state index is -0.167. The molecule has 0 saturated carbocycles. The lowest BCUT2D eigenvalue weighted by Crippen LogP contribution is -2.30. The minimum absolute atomic E-state index is 0.136. The van der Waals surface area contributed by atoms with Crippen molar-refractivity contribution in [3.05, 3.63) is 71.4 Å². The van der Waals surface area contributed by atoms with Gasteiger partial charge in [-0.15, -0.1) is 0 Å². The van der Waals surface area contributed by atoms with Crippen LogP contribution in [-0.2, 0) is 25.2 Å². The molecular formula is C27H32N8O. The molecule has 0 saturated heterocycles. The molecule has 1 aliphatic heterocycles. The molecule has 186 valence electrons. The van der Waals surface area contributed by atoms with Crippen LogP contribution in [0.5, 0.6) is 0 Å². The van der Waals surface area contributed by atoms with E-state index in [1.165, 1.54) is 5.69 Å². The second-order valence-corrected chi connectivity index (χ2v) is 10.4. The van der Waals surface area contributed by atoms with Gasteiger partial charge in [-0.1, -0.05) is 12.1 Å². The third kappa shape index (κ3) is 4.92. The van der Waals surface area contributed by atoms with Gasteiger partial charge in [-0.25, -0.2) is 9.97 Å². The highest BCUT2D eigenvalue weighted by Crippen LogP contribution is 2.25. The molecule has 0 unspecified atom stereocenters. The Bertz CT molecular complexity index is 1410. The number of rotatable bonds is 5. The smallest absolute Gasteiger partial charge is 0.254 e. The zero-order valence-electron chi connectivity index (χ0n) is 21.5. The van der Waals surface area contributed by atoms with Crippen molar-refractivity contribution in [1.29, 1.82) is 0 Å². The molecule has 9 nitrogen and oxygen atoms in total. The van der Waals surface area contributed by atoms with E-state index in [4.69, 9.17) is 5.10 Å². The fraction of sp³-hybridized carbons (Fsp3) is 0.370. The second kappa shape index (κ2) is 9.31. The molecule has 1 amide bonds. The van der Waals surface area contributed by atoms with E-state index in [-0.39, 0.29) is 11.4 Å². The highest BCUT2D eigenvalue weighted by Gasteiger charge is 2.18. The molecule has 1 N–H and O–H groups in total. The number of amides is 1. The van der Waals surface area contributed by atoms with Crippen LogP contribution >= 0.6 is 0 Å². The number of aromatic nitrogens is 6. The van der Waals surface area contributed by atoms with E-state index in [1.54, 1.807) is 23.4 Å². The van der Waals surface area contributed by atoms with Crippen LogP contribution < -0.4 is 5.32 Å². The second-order valence-electron chi connectivity index (χ2n) is 10.4. The van der Waals surface area contributed by atoms with Crippen LogP contribution in [-0.4, -0.2) is 53.9 Å². The third-order valence-electron chi connectivity index (χ3n) is 6.53. The van der Waals surface area contributed by atoms with E-state index in [9.17, 15) is 4.79 Å². The number of aryl methyl sites for hydroxylation is 1. The Morgan fingerprint density at radius 3 is 2.61 bits per heavy atom. The SMILES string of the molecule is Cc1cc(-c2cc(-c3cc4n(n3)CCN(C)C4)ncn2)ccc1CNC(=O)c1cnn(C(C)(C)C)c1. The molecule has 3 aromatic heterocycles. The summed E-state index contributed by atoms with van der Waals surface area (Å²) in [6.45, 7) is 11.4. The normalized spacial score (nSPS) is 14.0.